The van der Waals surface area contributed by atoms with E-state index < -0.39 is 0 Å². The number of fused-ring (bicyclic) bond motifs is 1. The van der Waals surface area contributed by atoms with Crippen molar-refractivity contribution in [2.75, 3.05) is 6.61 Å². The summed E-state index contributed by atoms with van der Waals surface area (Å²) < 4.78 is 5.34. The van der Waals surface area contributed by atoms with Gasteiger partial charge in [-0.05, 0) is 18.8 Å². The molecule has 2 heteroatoms. The summed E-state index contributed by atoms with van der Waals surface area (Å²) in [7, 11) is 0. The van der Waals surface area contributed by atoms with Gasteiger partial charge in [-0.25, -0.2) is 0 Å². The molecule has 2 aliphatic rings. The molecule has 2 nitrogen and oxygen atoms in total. The van der Waals surface area contributed by atoms with Crippen molar-refractivity contribution in [2.45, 2.75) is 25.0 Å². The second kappa shape index (κ2) is 1.45. The highest BCUT2D eigenvalue weighted by molar-refractivity contribution is 4.96. The smallest absolute Gasteiger partial charge is 0.0755 e. The van der Waals surface area contributed by atoms with Crippen molar-refractivity contribution in [1.29, 1.82) is 0 Å². The van der Waals surface area contributed by atoms with Crippen LogP contribution in [0.5, 0.6) is 0 Å². The van der Waals surface area contributed by atoms with Crippen LogP contribution in [-0.2, 0) is 4.74 Å². The normalized spacial score (nSPS) is 52.9. The van der Waals surface area contributed by atoms with Crippen LogP contribution in [0.4, 0.5) is 0 Å². The third-order valence-electron chi connectivity index (χ3n) is 2.26. The maximum Gasteiger partial charge on any atom is 0.0755 e. The molecule has 1 saturated heterocycles. The van der Waals surface area contributed by atoms with Gasteiger partial charge in [0.05, 0.1) is 6.10 Å². The van der Waals surface area contributed by atoms with Gasteiger partial charge in [-0.15, -0.1) is 0 Å². The van der Waals surface area contributed by atoms with Crippen LogP contribution < -0.4 is 5.73 Å². The molecule has 2 fully saturated rings. The van der Waals surface area contributed by atoms with E-state index in [-0.39, 0.29) is 0 Å². The Morgan fingerprint density at radius 3 is 2.88 bits per heavy atom. The van der Waals surface area contributed by atoms with Gasteiger partial charge in [0, 0.05) is 12.6 Å². The van der Waals surface area contributed by atoms with Crippen LogP contribution in [0.15, 0.2) is 0 Å². The average molecular weight is 113 g/mol. The van der Waals surface area contributed by atoms with E-state index >= 15 is 0 Å². The summed E-state index contributed by atoms with van der Waals surface area (Å²) in [5.41, 5.74) is 5.64. The monoisotopic (exact) mass is 113 g/mol. The van der Waals surface area contributed by atoms with Crippen LogP contribution in [0, 0.1) is 5.92 Å². The molecule has 1 heterocycles. The zero-order valence-corrected chi connectivity index (χ0v) is 4.84. The zero-order chi connectivity index (χ0) is 5.56. The summed E-state index contributed by atoms with van der Waals surface area (Å²) in [5, 5.41) is 0. The van der Waals surface area contributed by atoms with E-state index in [9.17, 15) is 0 Å². The fourth-order valence-corrected chi connectivity index (χ4v) is 1.67. The summed E-state index contributed by atoms with van der Waals surface area (Å²) in [5.74, 6) is 0.824. The molecule has 0 spiro atoms. The highest BCUT2D eigenvalue weighted by Gasteiger charge is 2.42. The van der Waals surface area contributed by atoms with Gasteiger partial charge >= 0.3 is 0 Å². The van der Waals surface area contributed by atoms with Crippen molar-refractivity contribution in [3.05, 3.63) is 0 Å². The predicted octanol–water partition coefficient (Wildman–Crippen LogP) is 0.122. The van der Waals surface area contributed by atoms with Gasteiger partial charge in [0.2, 0.25) is 0 Å². The highest BCUT2D eigenvalue weighted by Crippen LogP contribution is 2.36. The van der Waals surface area contributed by atoms with Crippen LogP contribution >= 0.6 is 0 Å². The second-order valence-electron chi connectivity index (χ2n) is 2.78. The molecule has 0 aromatic heterocycles. The first kappa shape index (κ1) is 4.77. The van der Waals surface area contributed by atoms with Crippen molar-refractivity contribution in [3.8, 4) is 0 Å². The summed E-state index contributed by atoms with van der Waals surface area (Å²) in [6.07, 6.45) is 2.89. The van der Waals surface area contributed by atoms with Crippen molar-refractivity contribution < 1.29 is 4.74 Å². The third kappa shape index (κ3) is 0.446. The van der Waals surface area contributed by atoms with Gasteiger partial charge in [-0.2, -0.15) is 0 Å². The van der Waals surface area contributed by atoms with Gasteiger partial charge in [0.15, 0.2) is 0 Å². The van der Waals surface area contributed by atoms with Gasteiger partial charge in [0.1, 0.15) is 0 Å². The van der Waals surface area contributed by atoms with Crippen molar-refractivity contribution in [3.63, 3.8) is 0 Å². The number of ether oxygens (including phenoxy) is 1. The first-order valence-corrected chi connectivity index (χ1v) is 3.25. The number of nitrogens with two attached hydrogens (primary N) is 1. The molecule has 0 bridgehead atoms. The van der Waals surface area contributed by atoms with E-state index in [0.29, 0.717) is 12.1 Å². The lowest BCUT2D eigenvalue weighted by atomic mass is 9.78. The molecule has 8 heavy (non-hydrogen) atoms. The van der Waals surface area contributed by atoms with Crippen molar-refractivity contribution in [1.82, 2.24) is 0 Å². The topological polar surface area (TPSA) is 35.2 Å². The Morgan fingerprint density at radius 1 is 1.50 bits per heavy atom. The van der Waals surface area contributed by atoms with Crippen LogP contribution in [0.2, 0.25) is 0 Å². The Balaban J connectivity index is 2.02. The Bertz CT molecular complexity index is 105. The molecule has 2 rings (SSSR count). The molecule has 2 N–H and O–H groups in total. The number of hydrogen-bond acceptors (Lipinski definition) is 2. The molecule has 3 atom stereocenters. The number of rotatable bonds is 0. The van der Waals surface area contributed by atoms with Gasteiger partial charge in [-0.1, -0.05) is 0 Å². The lowest BCUT2D eigenvalue weighted by Crippen LogP contribution is -2.49. The van der Waals surface area contributed by atoms with E-state index in [1.54, 1.807) is 0 Å². The Labute approximate surface area is 49.0 Å². The zero-order valence-electron chi connectivity index (χ0n) is 4.84. The van der Waals surface area contributed by atoms with E-state index in [0.717, 1.165) is 12.5 Å². The lowest BCUT2D eigenvalue weighted by Gasteiger charge is -2.35. The summed E-state index contributed by atoms with van der Waals surface area (Å²) in [4.78, 5) is 0. The minimum atomic E-state index is 0.363. The molecule has 0 amide bonds. The van der Waals surface area contributed by atoms with E-state index in [1.807, 2.05) is 0 Å². The first-order chi connectivity index (χ1) is 3.88. The molecular formula is C6H11NO. The van der Waals surface area contributed by atoms with E-state index in [2.05, 4.69) is 0 Å². The van der Waals surface area contributed by atoms with Crippen LogP contribution in [0.3, 0.4) is 0 Å². The minimum Gasteiger partial charge on any atom is -0.376 e. The third-order valence-corrected chi connectivity index (χ3v) is 2.26. The molecule has 0 radical (unpaired) electrons. The van der Waals surface area contributed by atoms with Crippen LogP contribution in [0.25, 0.3) is 0 Å². The Morgan fingerprint density at radius 2 is 2.38 bits per heavy atom. The second-order valence-corrected chi connectivity index (χ2v) is 2.78. The molecule has 1 aliphatic heterocycles. The predicted molar refractivity (Wildman–Crippen MR) is 30.4 cm³/mol. The molecule has 0 aromatic carbocycles. The summed E-state index contributed by atoms with van der Waals surface area (Å²) in [6.45, 7) is 0.947. The van der Waals surface area contributed by atoms with Crippen molar-refractivity contribution >= 4 is 0 Å². The van der Waals surface area contributed by atoms with Crippen LogP contribution in [-0.4, -0.2) is 18.8 Å². The Hall–Kier alpha value is -0.0800. The standard InChI is InChI=1S/C6H11NO/c7-5-3-4-1-2-8-6(4)5/h4-6H,1-3,7H2/t4-,5+,6+/m1/s1. The SMILES string of the molecule is N[C@H]1C[C@H]2CCO[C@@H]21. The van der Waals surface area contributed by atoms with Crippen molar-refractivity contribution in [2.24, 2.45) is 11.7 Å². The minimum absolute atomic E-state index is 0.363. The quantitative estimate of drug-likeness (QED) is 0.484. The average Bonchev–Trinajstić information content (AvgIpc) is 2.09. The van der Waals surface area contributed by atoms with E-state index in [4.69, 9.17) is 10.5 Å². The van der Waals surface area contributed by atoms with Gasteiger partial charge in [-0.3, -0.25) is 0 Å². The molecular weight excluding hydrogens is 102 g/mol. The molecule has 0 unspecified atom stereocenters. The molecule has 46 valence electrons. The van der Waals surface area contributed by atoms with Gasteiger partial charge in [0.25, 0.3) is 0 Å². The Kier molecular flexibility index (Phi) is 0.866. The molecule has 1 aliphatic carbocycles. The largest absolute Gasteiger partial charge is 0.376 e. The van der Waals surface area contributed by atoms with Crippen LogP contribution in [0.1, 0.15) is 12.8 Å². The van der Waals surface area contributed by atoms with Gasteiger partial charge < -0.3 is 10.5 Å². The lowest BCUT2D eigenvalue weighted by molar-refractivity contribution is 0.0133. The molecule has 0 aromatic rings. The maximum atomic E-state index is 5.64. The fourth-order valence-electron chi connectivity index (χ4n) is 1.67. The summed E-state index contributed by atoms with van der Waals surface area (Å²) >= 11 is 0. The number of hydrogen-bond donors (Lipinski definition) is 1. The summed E-state index contributed by atoms with van der Waals surface area (Å²) in [6, 6.07) is 0.363. The fraction of sp³-hybridized carbons (Fsp3) is 1.00. The first-order valence-electron chi connectivity index (χ1n) is 3.25. The maximum absolute atomic E-state index is 5.64. The molecule has 1 saturated carbocycles. The highest BCUT2D eigenvalue weighted by atomic mass is 16.5. The van der Waals surface area contributed by atoms with E-state index in [1.165, 1.54) is 12.8 Å².